The number of nitrogens with zero attached hydrogens (tertiary/aromatic N) is 3. The minimum atomic E-state index is -0.226. The van der Waals surface area contributed by atoms with E-state index in [-0.39, 0.29) is 11.7 Å². The Balaban J connectivity index is 1.46. The van der Waals surface area contributed by atoms with Crippen LogP contribution in [0.15, 0.2) is 54.6 Å². The summed E-state index contributed by atoms with van der Waals surface area (Å²) in [7, 11) is 1.70. The molecule has 0 unspecified atom stereocenters. The van der Waals surface area contributed by atoms with Gasteiger partial charge in [-0.3, -0.25) is 9.69 Å². The van der Waals surface area contributed by atoms with Crippen molar-refractivity contribution in [1.29, 1.82) is 0 Å². The number of methoxy groups -OCH3 is 1. The largest absolute Gasteiger partial charge is 0.383 e. The molecule has 0 atom stereocenters. The van der Waals surface area contributed by atoms with E-state index in [1.807, 2.05) is 23.1 Å². The van der Waals surface area contributed by atoms with Crippen molar-refractivity contribution in [2.45, 2.75) is 13.0 Å². The SMILES string of the molecule is COCCN(CCC(=O)N1CCN(c2ccc(F)cc2)CC1)Cc1ccccc1. The number of anilines is 1. The lowest BCUT2D eigenvalue weighted by atomic mass is 10.2. The predicted octanol–water partition coefficient (Wildman–Crippen LogP) is 3.01. The highest BCUT2D eigenvalue weighted by molar-refractivity contribution is 5.76. The van der Waals surface area contributed by atoms with Gasteiger partial charge in [-0.1, -0.05) is 30.3 Å². The zero-order valence-corrected chi connectivity index (χ0v) is 17.1. The first kappa shape index (κ1) is 21.3. The zero-order chi connectivity index (χ0) is 20.5. The van der Waals surface area contributed by atoms with E-state index >= 15 is 0 Å². The number of ether oxygens (including phenoxy) is 1. The van der Waals surface area contributed by atoms with Gasteiger partial charge in [0.05, 0.1) is 6.61 Å². The van der Waals surface area contributed by atoms with Gasteiger partial charge in [0, 0.05) is 65.0 Å². The minimum Gasteiger partial charge on any atom is -0.383 e. The number of hydrogen-bond donors (Lipinski definition) is 0. The highest BCUT2D eigenvalue weighted by Gasteiger charge is 2.21. The molecule has 0 bridgehead atoms. The van der Waals surface area contributed by atoms with Crippen LogP contribution in [0.1, 0.15) is 12.0 Å². The van der Waals surface area contributed by atoms with E-state index in [1.54, 1.807) is 19.2 Å². The van der Waals surface area contributed by atoms with Gasteiger partial charge in [-0.2, -0.15) is 0 Å². The quantitative estimate of drug-likeness (QED) is 0.650. The number of carbonyl (C=O) groups excluding carboxylic acids is 1. The summed E-state index contributed by atoms with van der Waals surface area (Å²) in [6.45, 7) is 5.93. The van der Waals surface area contributed by atoms with Crippen molar-refractivity contribution >= 4 is 11.6 Å². The van der Waals surface area contributed by atoms with Gasteiger partial charge >= 0.3 is 0 Å². The normalized spacial score (nSPS) is 14.4. The molecule has 29 heavy (non-hydrogen) atoms. The zero-order valence-electron chi connectivity index (χ0n) is 17.1. The maximum absolute atomic E-state index is 13.1. The average molecular weight is 400 g/mol. The third kappa shape index (κ3) is 6.54. The first-order chi connectivity index (χ1) is 14.2. The summed E-state index contributed by atoms with van der Waals surface area (Å²) in [4.78, 5) is 19.1. The van der Waals surface area contributed by atoms with Gasteiger partial charge in [-0.05, 0) is 29.8 Å². The van der Waals surface area contributed by atoms with Crippen LogP contribution in [-0.4, -0.2) is 68.7 Å². The molecule has 2 aromatic rings. The monoisotopic (exact) mass is 399 g/mol. The molecule has 1 aliphatic rings. The van der Waals surface area contributed by atoms with Gasteiger partial charge in [-0.15, -0.1) is 0 Å². The Morgan fingerprint density at radius 1 is 1.00 bits per heavy atom. The smallest absolute Gasteiger partial charge is 0.223 e. The molecule has 0 spiro atoms. The molecular weight excluding hydrogens is 369 g/mol. The molecule has 156 valence electrons. The van der Waals surface area contributed by atoms with E-state index in [9.17, 15) is 9.18 Å². The van der Waals surface area contributed by atoms with Crippen LogP contribution in [0, 0.1) is 5.82 Å². The lowest BCUT2D eigenvalue weighted by Gasteiger charge is -2.36. The van der Waals surface area contributed by atoms with Crippen LogP contribution in [-0.2, 0) is 16.1 Å². The summed E-state index contributed by atoms with van der Waals surface area (Å²) in [5.41, 5.74) is 2.25. The van der Waals surface area contributed by atoms with Crippen molar-refractivity contribution in [3.05, 3.63) is 66.0 Å². The molecule has 6 heteroatoms. The Morgan fingerprint density at radius 2 is 1.69 bits per heavy atom. The van der Waals surface area contributed by atoms with Crippen molar-refractivity contribution in [1.82, 2.24) is 9.80 Å². The Morgan fingerprint density at radius 3 is 2.34 bits per heavy atom. The van der Waals surface area contributed by atoms with E-state index in [4.69, 9.17) is 4.74 Å². The second-order valence-electron chi connectivity index (χ2n) is 7.35. The summed E-state index contributed by atoms with van der Waals surface area (Å²) < 4.78 is 18.3. The lowest BCUT2D eigenvalue weighted by molar-refractivity contribution is -0.131. The van der Waals surface area contributed by atoms with Gasteiger partial charge in [0.25, 0.3) is 0 Å². The fraction of sp³-hybridized carbons (Fsp3) is 0.435. The number of carbonyl (C=O) groups is 1. The molecule has 1 amide bonds. The molecule has 0 radical (unpaired) electrons. The Bertz CT molecular complexity index is 746. The van der Waals surface area contributed by atoms with Gasteiger partial charge in [0.15, 0.2) is 0 Å². The van der Waals surface area contributed by atoms with Crippen LogP contribution in [0.2, 0.25) is 0 Å². The van der Waals surface area contributed by atoms with Crippen LogP contribution in [0.3, 0.4) is 0 Å². The number of amides is 1. The Hall–Kier alpha value is -2.44. The highest BCUT2D eigenvalue weighted by atomic mass is 19.1. The Labute approximate surface area is 172 Å². The summed E-state index contributed by atoms with van der Waals surface area (Å²) in [6.07, 6.45) is 0.507. The van der Waals surface area contributed by atoms with Crippen LogP contribution < -0.4 is 4.90 Å². The average Bonchev–Trinajstić information content (AvgIpc) is 2.77. The molecule has 1 heterocycles. The fourth-order valence-electron chi connectivity index (χ4n) is 3.61. The Kier molecular flexibility index (Phi) is 8.02. The third-order valence-corrected chi connectivity index (χ3v) is 5.33. The summed E-state index contributed by atoms with van der Waals surface area (Å²) in [5.74, 6) is -0.0321. The van der Waals surface area contributed by atoms with Crippen LogP contribution in [0.25, 0.3) is 0 Å². The molecule has 0 aromatic heterocycles. The van der Waals surface area contributed by atoms with Gasteiger partial charge in [-0.25, -0.2) is 4.39 Å². The van der Waals surface area contributed by atoms with Crippen LogP contribution in [0.4, 0.5) is 10.1 Å². The predicted molar refractivity (Wildman–Crippen MR) is 113 cm³/mol. The van der Waals surface area contributed by atoms with Crippen LogP contribution >= 0.6 is 0 Å². The van der Waals surface area contributed by atoms with Crippen LogP contribution in [0.5, 0.6) is 0 Å². The molecule has 0 saturated carbocycles. The number of halogens is 1. The molecule has 1 fully saturated rings. The minimum absolute atomic E-state index is 0.194. The third-order valence-electron chi connectivity index (χ3n) is 5.33. The summed E-state index contributed by atoms with van der Waals surface area (Å²) >= 11 is 0. The molecular formula is C23H30FN3O2. The number of benzene rings is 2. The first-order valence-corrected chi connectivity index (χ1v) is 10.2. The van der Waals surface area contributed by atoms with E-state index in [0.717, 1.165) is 38.4 Å². The van der Waals surface area contributed by atoms with E-state index < -0.39 is 0 Å². The summed E-state index contributed by atoms with van der Waals surface area (Å²) in [5, 5.41) is 0. The fourth-order valence-corrected chi connectivity index (χ4v) is 3.61. The van der Waals surface area contributed by atoms with Gasteiger partial charge in [0.1, 0.15) is 5.82 Å². The van der Waals surface area contributed by atoms with Gasteiger partial charge < -0.3 is 14.5 Å². The molecule has 1 saturated heterocycles. The molecule has 0 aliphatic carbocycles. The molecule has 5 nitrogen and oxygen atoms in total. The van der Waals surface area contributed by atoms with Crippen molar-refractivity contribution < 1.29 is 13.9 Å². The van der Waals surface area contributed by atoms with E-state index in [0.29, 0.717) is 26.1 Å². The highest BCUT2D eigenvalue weighted by Crippen LogP contribution is 2.17. The maximum atomic E-state index is 13.1. The standard InChI is InChI=1S/C23H30FN3O2/c1-29-18-17-25(19-20-5-3-2-4-6-20)12-11-23(28)27-15-13-26(14-16-27)22-9-7-21(24)8-10-22/h2-10H,11-19H2,1H3. The van der Waals surface area contributed by atoms with E-state index in [1.165, 1.54) is 17.7 Å². The second-order valence-corrected chi connectivity index (χ2v) is 7.35. The maximum Gasteiger partial charge on any atom is 0.223 e. The number of rotatable bonds is 9. The lowest BCUT2D eigenvalue weighted by Crippen LogP contribution is -2.49. The van der Waals surface area contributed by atoms with Crippen molar-refractivity contribution in [3.8, 4) is 0 Å². The molecule has 0 N–H and O–H groups in total. The number of hydrogen-bond acceptors (Lipinski definition) is 4. The van der Waals surface area contributed by atoms with Gasteiger partial charge in [0.2, 0.25) is 5.91 Å². The molecule has 2 aromatic carbocycles. The molecule has 1 aliphatic heterocycles. The number of piperazine rings is 1. The van der Waals surface area contributed by atoms with Crippen molar-refractivity contribution in [3.63, 3.8) is 0 Å². The first-order valence-electron chi connectivity index (χ1n) is 10.2. The van der Waals surface area contributed by atoms with E-state index in [2.05, 4.69) is 21.9 Å². The molecule has 3 rings (SSSR count). The summed E-state index contributed by atoms with van der Waals surface area (Å²) in [6, 6.07) is 16.9. The second kappa shape index (κ2) is 10.9. The topological polar surface area (TPSA) is 36.0 Å². The van der Waals surface area contributed by atoms with Crippen molar-refractivity contribution in [2.24, 2.45) is 0 Å². The van der Waals surface area contributed by atoms with Crippen molar-refractivity contribution in [2.75, 3.05) is 57.9 Å².